The fourth-order valence-electron chi connectivity index (χ4n) is 1.27. The zero-order valence-corrected chi connectivity index (χ0v) is 12.9. The van der Waals surface area contributed by atoms with Crippen LogP contribution in [0, 0.1) is 0 Å². The second kappa shape index (κ2) is 6.06. The van der Waals surface area contributed by atoms with Gasteiger partial charge in [0.25, 0.3) is 0 Å². The lowest BCUT2D eigenvalue weighted by atomic mass is 10.2. The highest BCUT2D eigenvalue weighted by molar-refractivity contribution is 9.10. The molecule has 1 N–H and O–H groups in total. The Morgan fingerprint density at radius 1 is 1.56 bits per heavy atom. The lowest BCUT2D eigenvalue weighted by molar-refractivity contribution is -0.133. The minimum absolute atomic E-state index is 0.0149. The molecule has 0 unspecified atom stereocenters. The van der Waals surface area contributed by atoms with Crippen LogP contribution in [0.2, 0.25) is 5.02 Å². The third-order valence-electron chi connectivity index (χ3n) is 2.01. The summed E-state index contributed by atoms with van der Waals surface area (Å²) in [6, 6.07) is 5.58. The lowest BCUT2D eigenvalue weighted by Crippen LogP contribution is -1.96. The Bertz CT molecular complexity index is 588. The number of halogens is 2. The predicted molar refractivity (Wildman–Crippen MR) is 78.6 cm³/mol. The molecule has 3 nitrogen and oxygen atoms in total. The first-order valence-corrected chi connectivity index (χ1v) is 7.85. The van der Waals surface area contributed by atoms with Crippen LogP contribution in [0.25, 0.3) is 11.3 Å². The van der Waals surface area contributed by atoms with E-state index in [1.807, 2.05) is 17.5 Å². The maximum atomic E-state index is 10.5. The number of benzene rings is 1. The average Bonchev–Trinajstić information content (AvgIpc) is 2.75. The molecule has 2 aromatic rings. The number of carboxylic acids is 1. The third-order valence-corrected chi connectivity index (χ3v) is 4.82. The van der Waals surface area contributed by atoms with Gasteiger partial charge in [-0.3, -0.25) is 4.79 Å². The van der Waals surface area contributed by atoms with Crippen LogP contribution in [-0.4, -0.2) is 21.8 Å². The first kappa shape index (κ1) is 13.9. The van der Waals surface area contributed by atoms with Crippen LogP contribution in [0.15, 0.2) is 32.4 Å². The van der Waals surface area contributed by atoms with E-state index in [4.69, 9.17) is 16.7 Å². The van der Waals surface area contributed by atoms with E-state index in [1.165, 1.54) is 23.1 Å². The molecule has 18 heavy (non-hydrogen) atoms. The van der Waals surface area contributed by atoms with Gasteiger partial charge in [0.15, 0.2) is 4.34 Å². The summed E-state index contributed by atoms with van der Waals surface area (Å²) in [5, 5.41) is 11.1. The quantitative estimate of drug-likeness (QED) is 0.817. The number of hydrogen-bond donors (Lipinski definition) is 1. The Balaban J connectivity index is 2.21. The van der Waals surface area contributed by atoms with Gasteiger partial charge in [-0.1, -0.05) is 45.4 Å². The summed E-state index contributed by atoms with van der Waals surface area (Å²) in [6.45, 7) is 0. The highest BCUT2D eigenvalue weighted by Gasteiger charge is 2.10. The minimum Gasteiger partial charge on any atom is -0.481 e. The van der Waals surface area contributed by atoms with Crippen LogP contribution in [0.1, 0.15) is 0 Å². The topological polar surface area (TPSA) is 50.2 Å². The second-order valence-corrected chi connectivity index (χ2v) is 6.71. The van der Waals surface area contributed by atoms with E-state index in [9.17, 15) is 4.79 Å². The van der Waals surface area contributed by atoms with Gasteiger partial charge in [0.05, 0.1) is 16.5 Å². The number of carboxylic acid groups (broad SMARTS) is 1. The van der Waals surface area contributed by atoms with Crippen molar-refractivity contribution in [1.29, 1.82) is 0 Å². The molecule has 1 aromatic carbocycles. The van der Waals surface area contributed by atoms with E-state index in [0.29, 0.717) is 5.02 Å². The SMILES string of the molecule is O=C(O)CSc1nc(-c2ccc(Br)cc2Cl)cs1. The van der Waals surface area contributed by atoms with E-state index in [2.05, 4.69) is 20.9 Å². The Kier molecular flexibility index (Phi) is 4.66. The Labute approximate surface area is 125 Å². The van der Waals surface area contributed by atoms with Crippen molar-refractivity contribution in [2.45, 2.75) is 4.34 Å². The summed E-state index contributed by atoms with van der Waals surface area (Å²) in [7, 11) is 0. The fourth-order valence-corrected chi connectivity index (χ4v) is 3.58. The standard InChI is InChI=1S/C11H7BrClNO2S2/c12-6-1-2-7(8(13)3-6)9-4-17-11(14-9)18-5-10(15)16/h1-4H,5H2,(H,15,16). The highest BCUT2D eigenvalue weighted by Crippen LogP contribution is 2.33. The first-order chi connectivity index (χ1) is 8.56. The monoisotopic (exact) mass is 363 g/mol. The maximum Gasteiger partial charge on any atom is 0.313 e. The van der Waals surface area contributed by atoms with Crippen LogP contribution in [0.3, 0.4) is 0 Å². The van der Waals surface area contributed by atoms with E-state index in [-0.39, 0.29) is 5.75 Å². The molecule has 0 aliphatic heterocycles. The van der Waals surface area contributed by atoms with E-state index in [1.54, 1.807) is 6.07 Å². The van der Waals surface area contributed by atoms with E-state index < -0.39 is 5.97 Å². The molecular weight excluding hydrogens is 358 g/mol. The van der Waals surface area contributed by atoms with Crippen molar-refractivity contribution in [3.63, 3.8) is 0 Å². The summed E-state index contributed by atoms with van der Waals surface area (Å²) in [5.74, 6) is -0.834. The molecule has 0 radical (unpaired) electrons. The second-order valence-electron chi connectivity index (χ2n) is 3.31. The zero-order valence-electron chi connectivity index (χ0n) is 8.89. The van der Waals surface area contributed by atoms with Crippen LogP contribution in [0.5, 0.6) is 0 Å². The molecule has 1 heterocycles. The van der Waals surface area contributed by atoms with Crippen molar-refractivity contribution in [1.82, 2.24) is 4.98 Å². The molecule has 7 heteroatoms. The fraction of sp³-hybridized carbons (Fsp3) is 0.0909. The van der Waals surface area contributed by atoms with Gasteiger partial charge >= 0.3 is 5.97 Å². The average molecular weight is 365 g/mol. The van der Waals surface area contributed by atoms with Crippen LogP contribution in [0.4, 0.5) is 0 Å². The van der Waals surface area contributed by atoms with Crippen molar-refractivity contribution >= 4 is 56.6 Å². The number of thiazole rings is 1. The van der Waals surface area contributed by atoms with E-state index in [0.717, 1.165) is 20.1 Å². The van der Waals surface area contributed by atoms with Crippen molar-refractivity contribution in [3.05, 3.63) is 33.1 Å². The lowest BCUT2D eigenvalue weighted by Gasteiger charge is -2.00. The number of thioether (sulfide) groups is 1. The Morgan fingerprint density at radius 2 is 2.33 bits per heavy atom. The van der Waals surface area contributed by atoms with Crippen molar-refractivity contribution < 1.29 is 9.90 Å². The molecule has 1 aromatic heterocycles. The number of rotatable bonds is 4. The molecule has 0 bridgehead atoms. The summed E-state index contributed by atoms with van der Waals surface area (Å²) >= 11 is 12.1. The van der Waals surface area contributed by atoms with Crippen molar-refractivity contribution in [3.8, 4) is 11.3 Å². The summed E-state index contributed by atoms with van der Waals surface area (Å²) in [4.78, 5) is 14.8. The smallest absolute Gasteiger partial charge is 0.313 e. The molecular formula is C11H7BrClNO2S2. The van der Waals surface area contributed by atoms with Crippen molar-refractivity contribution in [2.75, 3.05) is 5.75 Å². The molecule has 0 saturated heterocycles. The van der Waals surface area contributed by atoms with Crippen molar-refractivity contribution in [2.24, 2.45) is 0 Å². The largest absolute Gasteiger partial charge is 0.481 e. The molecule has 0 atom stereocenters. The summed E-state index contributed by atoms with van der Waals surface area (Å²) in [5.41, 5.74) is 1.61. The third kappa shape index (κ3) is 3.47. The normalized spacial score (nSPS) is 10.6. The molecule has 0 aliphatic carbocycles. The molecule has 0 saturated carbocycles. The Hall–Kier alpha value is -0.560. The van der Waals surface area contributed by atoms with Gasteiger partial charge in [-0.15, -0.1) is 11.3 Å². The van der Waals surface area contributed by atoms with Gasteiger partial charge in [-0.05, 0) is 12.1 Å². The van der Waals surface area contributed by atoms with Gasteiger partial charge in [0.2, 0.25) is 0 Å². The molecule has 0 fully saturated rings. The minimum atomic E-state index is -0.849. The molecule has 0 spiro atoms. The number of hydrogen-bond acceptors (Lipinski definition) is 4. The van der Waals surface area contributed by atoms with Gasteiger partial charge in [-0.25, -0.2) is 4.98 Å². The van der Waals surface area contributed by atoms with Gasteiger partial charge in [0, 0.05) is 15.4 Å². The van der Waals surface area contributed by atoms with Crippen LogP contribution >= 0.6 is 50.6 Å². The highest BCUT2D eigenvalue weighted by atomic mass is 79.9. The predicted octanol–water partition coefficient (Wildman–Crippen LogP) is 4.40. The van der Waals surface area contributed by atoms with Crippen LogP contribution in [-0.2, 0) is 4.79 Å². The number of aromatic nitrogens is 1. The van der Waals surface area contributed by atoms with Gasteiger partial charge in [-0.2, -0.15) is 0 Å². The molecule has 0 aliphatic rings. The number of aliphatic carboxylic acids is 1. The van der Waals surface area contributed by atoms with Crippen LogP contribution < -0.4 is 0 Å². The summed E-state index contributed by atoms with van der Waals surface area (Å²) < 4.78 is 1.64. The van der Waals surface area contributed by atoms with E-state index >= 15 is 0 Å². The van der Waals surface area contributed by atoms with Gasteiger partial charge < -0.3 is 5.11 Å². The Morgan fingerprint density at radius 3 is 3.00 bits per heavy atom. The van der Waals surface area contributed by atoms with Gasteiger partial charge in [0.1, 0.15) is 0 Å². The number of nitrogens with zero attached hydrogens (tertiary/aromatic N) is 1. The molecule has 0 amide bonds. The molecule has 94 valence electrons. The molecule has 2 rings (SSSR count). The summed E-state index contributed by atoms with van der Waals surface area (Å²) in [6.07, 6.45) is 0. The zero-order chi connectivity index (χ0) is 13.1. The first-order valence-electron chi connectivity index (χ1n) is 4.82. The maximum absolute atomic E-state index is 10.5. The number of carbonyl (C=O) groups is 1.